The van der Waals surface area contributed by atoms with Crippen molar-refractivity contribution in [2.45, 2.75) is 0 Å². The van der Waals surface area contributed by atoms with Crippen LogP contribution in [0.3, 0.4) is 0 Å². The molecule has 1 aromatic carbocycles. The Bertz CT molecular complexity index is 268. The van der Waals surface area contributed by atoms with Crippen molar-refractivity contribution in [1.82, 2.24) is 0 Å². The lowest BCUT2D eigenvalue weighted by Gasteiger charge is -2.01. The summed E-state index contributed by atoms with van der Waals surface area (Å²) in [6.45, 7) is 0.683. The summed E-state index contributed by atoms with van der Waals surface area (Å²) in [7, 11) is 1.66. The third-order valence-electron chi connectivity index (χ3n) is 1.76. The van der Waals surface area contributed by atoms with E-state index in [-0.39, 0.29) is 0 Å². The minimum absolute atomic E-state index is 0.683. The van der Waals surface area contributed by atoms with Crippen molar-refractivity contribution >= 4 is 0 Å². The van der Waals surface area contributed by atoms with Crippen molar-refractivity contribution in [3.8, 4) is 11.5 Å². The number of benzene rings is 1. The summed E-state index contributed by atoms with van der Waals surface area (Å²) >= 11 is 0. The minimum atomic E-state index is 0.683. The Morgan fingerprint density at radius 2 is 2.36 bits per heavy atom. The summed E-state index contributed by atoms with van der Waals surface area (Å²) in [5.74, 6) is 1.83. The standard InChI is InChI=1S/C9H9O2/c1-10-8-2-3-9-7(6-8)4-5-11-9/h2-4,6H,5H2,1H3. The van der Waals surface area contributed by atoms with Crippen LogP contribution in [0.1, 0.15) is 5.56 Å². The van der Waals surface area contributed by atoms with E-state index < -0.39 is 0 Å². The zero-order valence-corrected chi connectivity index (χ0v) is 6.33. The van der Waals surface area contributed by atoms with Gasteiger partial charge in [-0.3, -0.25) is 0 Å². The quantitative estimate of drug-likeness (QED) is 0.604. The molecule has 1 aliphatic rings. The molecular weight excluding hydrogens is 140 g/mol. The lowest BCUT2D eigenvalue weighted by Crippen LogP contribution is -1.84. The Morgan fingerprint density at radius 3 is 3.18 bits per heavy atom. The molecule has 1 aliphatic heterocycles. The van der Waals surface area contributed by atoms with Crippen LogP contribution in [0.5, 0.6) is 11.5 Å². The molecule has 2 heteroatoms. The predicted octanol–water partition coefficient (Wildman–Crippen LogP) is 1.64. The summed E-state index contributed by atoms with van der Waals surface area (Å²) in [5, 5.41) is 0. The van der Waals surface area contributed by atoms with Gasteiger partial charge in [-0.15, -0.1) is 0 Å². The molecule has 11 heavy (non-hydrogen) atoms. The van der Waals surface area contributed by atoms with Crippen LogP contribution in [0.2, 0.25) is 0 Å². The topological polar surface area (TPSA) is 18.5 Å². The van der Waals surface area contributed by atoms with E-state index in [0.29, 0.717) is 6.61 Å². The maximum absolute atomic E-state index is 5.29. The van der Waals surface area contributed by atoms with Crippen LogP contribution in [-0.2, 0) is 0 Å². The summed E-state index contributed by atoms with van der Waals surface area (Å²) in [6, 6.07) is 5.80. The maximum Gasteiger partial charge on any atom is 0.123 e. The molecule has 2 nitrogen and oxygen atoms in total. The van der Waals surface area contributed by atoms with E-state index in [1.807, 2.05) is 24.6 Å². The third-order valence-corrected chi connectivity index (χ3v) is 1.76. The highest BCUT2D eigenvalue weighted by molar-refractivity contribution is 5.46. The van der Waals surface area contributed by atoms with Crippen molar-refractivity contribution < 1.29 is 9.47 Å². The number of methoxy groups -OCH3 is 1. The number of rotatable bonds is 1. The zero-order valence-electron chi connectivity index (χ0n) is 6.33. The number of ether oxygens (including phenoxy) is 2. The van der Waals surface area contributed by atoms with Gasteiger partial charge < -0.3 is 9.47 Å². The first-order valence-electron chi connectivity index (χ1n) is 3.54. The van der Waals surface area contributed by atoms with E-state index in [0.717, 1.165) is 17.1 Å². The molecule has 0 amide bonds. The molecule has 0 saturated carbocycles. The highest BCUT2D eigenvalue weighted by Gasteiger charge is 2.11. The van der Waals surface area contributed by atoms with Gasteiger partial charge in [-0.05, 0) is 18.2 Å². The number of hydrogen-bond acceptors (Lipinski definition) is 2. The highest BCUT2D eigenvalue weighted by atomic mass is 16.5. The second-order valence-corrected chi connectivity index (χ2v) is 2.42. The van der Waals surface area contributed by atoms with Crippen LogP contribution in [0.25, 0.3) is 0 Å². The van der Waals surface area contributed by atoms with Gasteiger partial charge in [0.15, 0.2) is 0 Å². The Balaban J connectivity index is 2.41. The maximum atomic E-state index is 5.29. The molecule has 1 aromatic rings. The number of hydrogen-bond donors (Lipinski definition) is 0. The zero-order chi connectivity index (χ0) is 7.68. The SMILES string of the molecule is COc1ccc2c(c1)[CH]CO2. The molecular formula is C9H9O2. The first-order valence-corrected chi connectivity index (χ1v) is 3.54. The summed E-state index contributed by atoms with van der Waals surface area (Å²) in [5.41, 5.74) is 1.13. The van der Waals surface area contributed by atoms with Gasteiger partial charge in [0, 0.05) is 12.0 Å². The first kappa shape index (κ1) is 6.53. The van der Waals surface area contributed by atoms with E-state index >= 15 is 0 Å². The van der Waals surface area contributed by atoms with Gasteiger partial charge >= 0.3 is 0 Å². The Kier molecular flexibility index (Phi) is 1.46. The average molecular weight is 149 g/mol. The molecule has 1 heterocycles. The van der Waals surface area contributed by atoms with E-state index in [2.05, 4.69) is 0 Å². The van der Waals surface area contributed by atoms with E-state index in [4.69, 9.17) is 9.47 Å². The van der Waals surface area contributed by atoms with Crippen LogP contribution >= 0.6 is 0 Å². The van der Waals surface area contributed by atoms with Gasteiger partial charge in [-0.1, -0.05) is 0 Å². The van der Waals surface area contributed by atoms with Gasteiger partial charge in [0.25, 0.3) is 0 Å². The van der Waals surface area contributed by atoms with E-state index in [1.165, 1.54) is 0 Å². The normalized spacial score (nSPS) is 13.9. The molecule has 0 N–H and O–H groups in total. The van der Waals surface area contributed by atoms with Gasteiger partial charge in [0.1, 0.15) is 11.5 Å². The van der Waals surface area contributed by atoms with Crippen LogP contribution in [-0.4, -0.2) is 13.7 Å². The van der Waals surface area contributed by atoms with Crippen molar-refractivity contribution in [2.24, 2.45) is 0 Å². The van der Waals surface area contributed by atoms with Crippen molar-refractivity contribution in [1.29, 1.82) is 0 Å². The van der Waals surface area contributed by atoms with E-state index in [1.54, 1.807) is 7.11 Å². The minimum Gasteiger partial charge on any atom is -0.497 e. The molecule has 0 saturated heterocycles. The van der Waals surface area contributed by atoms with Crippen molar-refractivity contribution in [3.63, 3.8) is 0 Å². The fourth-order valence-electron chi connectivity index (χ4n) is 1.17. The molecule has 0 aliphatic carbocycles. The molecule has 0 aromatic heterocycles. The monoisotopic (exact) mass is 149 g/mol. The first-order chi connectivity index (χ1) is 5.40. The molecule has 0 unspecified atom stereocenters. The molecule has 0 spiro atoms. The van der Waals surface area contributed by atoms with Gasteiger partial charge in [-0.2, -0.15) is 0 Å². The molecule has 0 bridgehead atoms. The largest absolute Gasteiger partial charge is 0.497 e. The van der Waals surface area contributed by atoms with Crippen molar-refractivity contribution in [3.05, 3.63) is 30.2 Å². The van der Waals surface area contributed by atoms with Crippen molar-refractivity contribution in [2.75, 3.05) is 13.7 Å². The molecule has 57 valence electrons. The fraction of sp³-hybridized carbons (Fsp3) is 0.222. The lowest BCUT2D eigenvalue weighted by atomic mass is 10.2. The third kappa shape index (κ3) is 1.04. The molecule has 2 rings (SSSR count). The highest BCUT2D eigenvalue weighted by Crippen LogP contribution is 2.29. The lowest BCUT2D eigenvalue weighted by molar-refractivity contribution is 0.376. The van der Waals surface area contributed by atoms with Gasteiger partial charge in [0.05, 0.1) is 13.7 Å². The van der Waals surface area contributed by atoms with Crippen LogP contribution in [0.15, 0.2) is 18.2 Å². The van der Waals surface area contributed by atoms with Gasteiger partial charge in [0.2, 0.25) is 0 Å². The van der Waals surface area contributed by atoms with Gasteiger partial charge in [-0.25, -0.2) is 0 Å². The second kappa shape index (κ2) is 2.46. The average Bonchev–Trinajstić information content (AvgIpc) is 2.50. The molecule has 0 atom stereocenters. The summed E-state index contributed by atoms with van der Waals surface area (Å²) in [4.78, 5) is 0. The summed E-state index contributed by atoms with van der Waals surface area (Å²) < 4.78 is 10.4. The Hall–Kier alpha value is -1.18. The predicted molar refractivity (Wildman–Crippen MR) is 41.9 cm³/mol. The molecule has 1 radical (unpaired) electrons. The fourth-order valence-corrected chi connectivity index (χ4v) is 1.17. The smallest absolute Gasteiger partial charge is 0.123 e. The molecule has 0 fully saturated rings. The van der Waals surface area contributed by atoms with Crippen LogP contribution in [0, 0.1) is 6.42 Å². The van der Waals surface area contributed by atoms with E-state index in [9.17, 15) is 0 Å². The Morgan fingerprint density at radius 1 is 1.45 bits per heavy atom. The van der Waals surface area contributed by atoms with Crippen LogP contribution < -0.4 is 9.47 Å². The Labute approximate surface area is 65.7 Å². The number of fused-ring (bicyclic) bond motifs is 1. The summed E-state index contributed by atoms with van der Waals surface area (Å²) in [6.07, 6.45) is 2.04. The van der Waals surface area contributed by atoms with Crippen LogP contribution in [0.4, 0.5) is 0 Å². The second-order valence-electron chi connectivity index (χ2n) is 2.42.